The van der Waals surface area contributed by atoms with Gasteiger partial charge in [0, 0.05) is 30.6 Å². The first-order valence-electron chi connectivity index (χ1n) is 6.63. The maximum Gasteiger partial charge on any atom is 0.135 e. The number of nitrogens with one attached hydrogen (secondary N) is 1. The van der Waals surface area contributed by atoms with E-state index in [1.54, 1.807) is 23.6 Å². The zero-order valence-electron chi connectivity index (χ0n) is 12.0. The standard InChI is InChI=1S/C16H16N4S/c1-4-13-15(5-7-18-16(13)17-3)20-9-14(11(2)19-20)12-6-8-21-10-12/h4-10H,1H2,2-3H3,(H,17,18). The predicted octanol–water partition coefficient (Wildman–Crippen LogP) is 3.99. The normalized spacial score (nSPS) is 10.6. The van der Waals surface area contributed by atoms with Gasteiger partial charge in [-0.25, -0.2) is 9.67 Å². The van der Waals surface area contributed by atoms with Crippen molar-refractivity contribution in [2.45, 2.75) is 6.92 Å². The zero-order valence-corrected chi connectivity index (χ0v) is 12.8. The Labute approximate surface area is 127 Å². The highest BCUT2D eigenvalue weighted by Crippen LogP contribution is 2.28. The van der Waals surface area contributed by atoms with Crippen LogP contribution in [0.5, 0.6) is 0 Å². The van der Waals surface area contributed by atoms with E-state index < -0.39 is 0 Å². The molecule has 0 spiro atoms. The Bertz CT molecular complexity index is 772. The molecule has 5 heteroatoms. The van der Waals surface area contributed by atoms with Gasteiger partial charge in [-0.3, -0.25) is 0 Å². The van der Waals surface area contributed by atoms with E-state index in [-0.39, 0.29) is 0 Å². The van der Waals surface area contributed by atoms with Gasteiger partial charge < -0.3 is 5.32 Å². The fourth-order valence-electron chi connectivity index (χ4n) is 2.35. The first kappa shape index (κ1) is 13.6. The number of hydrogen-bond donors (Lipinski definition) is 1. The monoisotopic (exact) mass is 296 g/mol. The molecule has 0 fully saturated rings. The Morgan fingerprint density at radius 2 is 2.24 bits per heavy atom. The van der Waals surface area contributed by atoms with Gasteiger partial charge in [-0.2, -0.15) is 16.4 Å². The lowest BCUT2D eigenvalue weighted by molar-refractivity contribution is 0.858. The van der Waals surface area contributed by atoms with E-state index in [4.69, 9.17) is 0 Å². The number of rotatable bonds is 4. The minimum atomic E-state index is 0.799. The molecular weight excluding hydrogens is 280 g/mol. The molecule has 0 atom stereocenters. The quantitative estimate of drug-likeness (QED) is 0.791. The highest BCUT2D eigenvalue weighted by molar-refractivity contribution is 7.08. The molecule has 0 aromatic carbocycles. The lowest BCUT2D eigenvalue weighted by Gasteiger charge is -2.10. The van der Waals surface area contributed by atoms with Gasteiger partial charge in [-0.05, 0) is 35.4 Å². The summed E-state index contributed by atoms with van der Waals surface area (Å²) in [4.78, 5) is 4.31. The minimum absolute atomic E-state index is 0.799. The van der Waals surface area contributed by atoms with Crippen LogP contribution in [0.1, 0.15) is 11.3 Å². The smallest absolute Gasteiger partial charge is 0.135 e. The number of aryl methyl sites for hydroxylation is 1. The van der Waals surface area contributed by atoms with Gasteiger partial charge in [0.05, 0.1) is 11.4 Å². The molecule has 3 aromatic heterocycles. The zero-order chi connectivity index (χ0) is 14.8. The molecule has 0 aliphatic rings. The van der Waals surface area contributed by atoms with Crippen LogP contribution < -0.4 is 5.32 Å². The number of hydrogen-bond acceptors (Lipinski definition) is 4. The predicted molar refractivity (Wildman–Crippen MR) is 89.0 cm³/mol. The largest absolute Gasteiger partial charge is 0.373 e. The van der Waals surface area contributed by atoms with Gasteiger partial charge in [0.15, 0.2) is 0 Å². The summed E-state index contributed by atoms with van der Waals surface area (Å²) >= 11 is 1.69. The van der Waals surface area contributed by atoms with E-state index >= 15 is 0 Å². The van der Waals surface area contributed by atoms with Crippen molar-refractivity contribution in [3.05, 3.63) is 53.1 Å². The summed E-state index contributed by atoms with van der Waals surface area (Å²) in [6.45, 7) is 5.91. The summed E-state index contributed by atoms with van der Waals surface area (Å²) in [6, 6.07) is 4.06. The minimum Gasteiger partial charge on any atom is -0.373 e. The van der Waals surface area contributed by atoms with E-state index in [1.807, 2.05) is 24.7 Å². The second kappa shape index (κ2) is 5.54. The molecule has 4 nitrogen and oxygen atoms in total. The third-order valence-electron chi connectivity index (χ3n) is 3.39. The van der Waals surface area contributed by atoms with Crippen molar-refractivity contribution in [2.75, 3.05) is 12.4 Å². The van der Waals surface area contributed by atoms with E-state index in [0.717, 1.165) is 28.3 Å². The molecule has 0 aliphatic carbocycles. The van der Waals surface area contributed by atoms with Gasteiger partial charge in [-0.1, -0.05) is 12.7 Å². The van der Waals surface area contributed by atoms with Crippen LogP contribution in [0.4, 0.5) is 5.82 Å². The number of anilines is 1. The van der Waals surface area contributed by atoms with Crippen molar-refractivity contribution < 1.29 is 0 Å². The Hall–Kier alpha value is -2.40. The molecule has 0 unspecified atom stereocenters. The van der Waals surface area contributed by atoms with Crippen molar-refractivity contribution in [1.82, 2.24) is 14.8 Å². The molecule has 0 aliphatic heterocycles. The van der Waals surface area contributed by atoms with Crippen LogP contribution in [0, 0.1) is 6.92 Å². The van der Waals surface area contributed by atoms with Crippen molar-refractivity contribution in [3.63, 3.8) is 0 Å². The molecule has 3 heterocycles. The average molecular weight is 296 g/mol. The maximum absolute atomic E-state index is 4.64. The van der Waals surface area contributed by atoms with Crippen molar-refractivity contribution in [2.24, 2.45) is 0 Å². The summed E-state index contributed by atoms with van der Waals surface area (Å²) in [5.74, 6) is 0.799. The Morgan fingerprint density at radius 3 is 2.90 bits per heavy atom. The molecule has 1 N–H and O–H groups in total. The molecule has 0 amide bonds. The van der Waals surface area contributed by atoms with Gasteiger partial charge in [-0.15, -0.1) is 0 Å². The van der Waals surface area contributed by atoms with Crippen molar-refractivity contribution in [3.8, 4) is 16.8 Å². The average Bonchev–Trinajstić information content (AvgIpc) is 3.15. The van der Waals surface area contributed by atoms with Crippen LogP contribution in [-0.2, 0) is 0 Å². The first-order valence-corrected chi connectivity index (χ1v) is 7.57. The number of thiophene rings is 1. The number of nitrogens with zero attached hydrogens (tertiary/aromatic N) is 3. The van der Waals surface area contributed by atoms with Gasteiger partial charge in [0.2, 0.25) is 0 Å². The Kier molecular flexibility index (Phi) is 3.58. The highest BCUT2D eigenvalue weighted by atomic mass is 32.1. The molecule has 21 heavy (non-hydrogen) atoms. The molecule has 3 aromatic rings. The molecule has 0 saturated carbocycles. The molecule has 0 radical (unpaired) electrons. The van der Waals surface area contributed by atoms with E-state index in [2.05, 4.69) is 45.0 Å². The van der Waals surface area contributed by atoms with Crippen molar-refractivity contribution >= 4 is 23.2 Å². The third-order valence-corrected chi connectivity index (χ3v) is 4.07. The third kappa shape index (κ3) is 2.36. The van der Waals surface area contributed by atoms with E-state index in [9.17, 15) is 0 Å². The molecule has 0 bridgehead atoms. The summed E-state index contributed by atoms with van der Waals surface area (Å²) in [5.41, 5.74) is 5.26. The van der Waals surface area contributed by atoms with Crippen LogP contribution in [0.15, 0.2) is 41.9 Å². The highest BCUT2D eigenvalue weighted by Gasteiger charge is 2.12. The van der Waals surface area contributed by atoms with E-state index in [0.29, 0.717) is 0 Å². The summed E-state index contributed by atoms with van der Waals surface area (Å²) in [7, 11) is 1.85. The molecule has 3 rings (SSSR count). The Balaban J connectivity index is 2.14. The topological polar surface area (TPSA) is 42.7 Å². The van der Waals surface area contributed by atoms with Crippen LogP contribution in [0.3, 0.4) is 0 Å². The lowest BCUT2D eigenvalue weighted by atomic mass is 10.1. The first-order chi connectivity index (χ1) is 10.2. The second-order valence-electron chi connectivity index (χ2n) is 4.63. The van der Waals surface area contributed by atoms with Gasteiger partial charge >= 0.3 is 0 Å². The summed E-state index contributed by atoms with van der Waals surface area (Å²) < 4.78 is 1.89. The van der Waals surface area contributed by atoms with Gasteiger partial charge in [0.1, 0.15) is 5.82 Å². The maximum atomic E-state index is 4.64. The van der Waals surface area contributed by atoms with Crippen LogP contribution in [-0.4, -0.2) is 21.8 Å². The molecular formula is C16H16N4S. The fourth-order valence-corrected chi connectivity index (χ4v) is 3.00. The lowest BCUT2D eigenvalue weighted by Crippen LogP contribution is -2.03. The van der Waals surface area contributed by atoms with E-state index in [1.165, 1.54) is 5.56 Å². The SMILES string of the molecule is C=Cc1c(-n2cc(-c3ccsc3)c(C)n2)ccnc1NC. The summed E-state index contributed by atoms with van der Waals surface area (Å²) in [6.07, 6.45) is 5.63. The van der Waals surface area contributed by atoms with Crippen LogP contribution in [0.25, 0.3) is 22.9 Å². The van der Waals surface area contributed by atoms with Crippen LogP contribution in [0.2, 0.25) is 0 Å². The Morgan fingerprint density at radius 1 is 1.38 bits per heavy atom. The summed E-state index contributed by atoms with van der Waals surface area (Å²) in [5, 5.41) is 11.9. The molecule has 106 valence electrons. The van der Waals surface area contributed by atoms with Gasteiger partial charge in [0.25, 0.3) is 0 Å². The van der Waals surface area contributed by atoms with Crippen LogP contribution >= 0.6 is 11.3 Å². The fraction of sp³-hybridized carbons (Fsp3) is 0.125. The second-order valence-corrected chi connectivity index (χ2v) is 5.41. The number of aromatic nitrogens is 3. The molecule has 0 saturated heterocycles. The number of pyridine rings is 1. The van der Waals surface area contributed by atoms with Crippen molar-refractivity contribution in [1.29, 1.82) is 0 Å².